The molecule has 2 N–H and O–H groups in total. The Morgan fingerprint density at radius 1 is 1.00 bits per heavy atom. The number of nitrogens with one attached hydrogen (secondary N) is 2. The lowest BCUT2D eigenvalue weighted by molar-refractivity contribution is -0.115. The summed E-state index contributed by atoms with van der Waals surface area (Å²) in [6, 6.07) is 9.44. The molecule has 0 aliphatic heterocycles. The molecule has 6 nitrogen and oxygen atoms in total. The Balaban J connectivity index is 1.98. The lowest BCUT2D eigenvalue weighted by Gasteiger charge is -2.10. The van der Waals surface area contributed by atoms with Gasteiger partial charge in [0.1, 0.15) is 11.5 Å². The van der Waals surface area contributed by atoms with E-state index in [4.69, 9.17) is 32.7 Å². The molecule has 0 saturated carbocycles. The maximum absolute atomic E-state index is 12.2. The van der Waals surface area contributed by atoms with Crippen LogP contribution in [0.5, 0.6) is 11.5 Å². The van der Waals surface area contributed by atoms with Crippen molar-refractivity contribution < 1.29 is 19.1 Å². The molecule has 132 valence electrons. The van der Waals surface area contributed by atoms with Crippen molar-refractivity contribution in [1.29, 1.82) is 0 Å². The summed E-state index contributed by atoms with van der Waals surface area (Å²) in [7, 11) is 2.97. The number of carbonyl (C=O) groups excluding carboxylic acids is 2. The van der Waals surface area contributed by atoms with Gasteiger partial charge >= 0.3 is 0 Å². The van der Waals surface area contributed by atoms with Crippen LogP contribution in [0, 0.1) is 0 Å². The van der Waals surface area contributed by atoms with E-state index in [1.165, 1.54) is 20.3 Å². The Morgan fingerprint density at radius 2 is 1.64 bits per heavy atom. The van der Waals surface area contributed by atoms with Crippen LogP contribution in [0.2, 0.25) is 10.0 Å². The van der Waals surface area contributed by atoms with Gasteiger partial charge in [0.15, 0.2) is 0 Å². The third-order valence-corrected chi connectivity index (χ3v) is 3.78. The van der Waals surface area contributed by atoms with Crippen LogP contribution in [-0.2, 0) is 4.79 Å². The van der Waals surface area contributed by atoms with E-state index < -0.39 is 11.8 Å². The predicted molar refractivity (Wildman–Crippen MR) is 97.0 cm³/mol. The third-order valence-electron chi connectivity index (χ3n) is 3.23. The van der Waals surface area contributed by atoms with Crippen molar-refractivity contribution >= 4 is 40.7 Å². The molecule has 2 amide bonds. The van der Waals surface area contributed by atoms with E-state index in [-0.39, 0.29) is 6.54 Å². The van der Waals surface area contributed by atoms with Crippen molar-refractivity contribution in [3.05, 3.63) is 52.0 Å². The number of methoxy groups -OCH3 is 2. The van der Waals surface area contributed by atoms with Gasteiger partial charge in [-0.2, -0.15) is 0 Å². The topological polar surface area (TPSA) is 76.7 Å². The van der Waals surface area contributed by atoms with Gasteiger partial charge in [-0.3, -0.25) is 9.59 Å². The molecule has 2 rings (SSSR count). The Bertz CT molecular complexity index is 774. The molecule has 2 aromatic carbocycles. The van der Waals surface area contributed by atoms with Crippen LogP contribution >= 0.6 is 23.2 Å². The van der Waals surface area contributed by atoms with Crippen molar-refractivity contribution in [2.24, 2.45) is 0 Å². The van der Waals surface area contributed by atoms with Gasteiger partial charge in [-0.05, 0) is 30.3 Å². The summed E-state index contributed by atoms with van der Waals surface area (Å²) >= 11 is 11.8. The smallest absolute Gasteiger partial charge is 0.251 e. The number of carbonyl (C=O) groups is 2. The van der Waals surface area contributed by atoms with Crippen LogP contribution in [0.25, 0.3) is 0 Å². The van der Waals surface area contributed by atoms with Gasteiger partial charge in [0.05, 0.1) is 31.5 Å². The molecular formula is C17H16Cl2N2O4. The van der Waals surface area contributed by atoms with Crippen LogP contribution < -0.4 is 20.1 Å². The van der Waals surface area contributed by atoms with E-state index in [1.54, 1.807) is 30.3 Å². The fourth-order valence-electron chi connectivity index (χ4n) is 1.99. The number of benzene rings is 2. The first-order chi connectivity index (χ1) is 11.9. The largest absolute Gasteiger partial charge is 0.497 e. The first-order valence-electron chi connectivity index (χ1n) is 7.19. The summed E-state index contributed by atoms with van der Waals surface area (Å²) in [5.41, 5.74) is 0.724. The number of ether oxygens (including phenoxy) is 2. The molecule has 0 radical (unpaired) electrons. The number of rotatable bonds is 6. The van der Waals surface area contributed by atoms with Gasteiger partial charge in [0.2, 0.25) is 5.91 Å². The highest BCUT2D eigenvalue weighted by Crippen LogP contribution is 2.25. The Labute approximate surface area is 155 Å². The summed E-state index contributed by atoms with van der Waals surface area (Å²) in [6.45, 7) is -0.225. The molecule has 0 aromatic heterocycles. The van der Waals surface area contributed by atoms with Gasteiger partial charge in [-0.1, -0.05) is 23.2 Å². The molecule has 0 unspecified atom stereocenters. The Kier molecular flexibility index (Phi) is 6.50. The molecular weight excluding hydrogens is 367 g/mol. The number of hydrogen-bond acceptors (Lipinski definition) is 4. The highest BCUT2D eigenvalue weighted by atomic mass is 35.5. The fourth-order valence-corrected chi connectivity index (χ4v) is 2.44. The van der Waals surface area contributed by atoms with Crippen LogP contribution in [0.15, 0.2) is 36.4 Å². The van der Waals surface area contributed by atoms with Crippen LogP contribution in [0.4, 0.5) is 5.69 Å². The quantitative estimate of drug-likeness (QED) is 0.802. The zero-order valence-corrected chi connectivity index (χ0v) is 15.1. The minimum Gasteiger partial charge on any atom is -0.497 e. The zero-order valence-electron chi connectivity index (χ0n) is 13.6. The van der Waals surface area contributed by atoms with Crippen LogP contribution in [0.1, 0.15) is 10.4 Å². The molecule has 0 atom stereocenters. The molecule has 0 heterocycles. The molecule has 0 aliphatic carbocycles. The first-order valence-corrected chi connectivity index (χ1v) is 7.94. The molecule has 0 spiro atoms. The summed E-state index contributed by atoms with van der Waals surface area (Å²) < 4.78 is 10.2. The number of halogens is 2. The zero-order chi connectivity index (χ0) is 18.4. The molecule has 0 saturated heterocycles. The minimum atomic E-state index is -0.436. The monoisotopic (exact) mass is 382 g/mol. The Hall–Kier alpha value is -2.44. The number of amides is 2. The molecule has 0 bridgehead atoms. The maximum Gasteiger partial charge on any atom is 0.251 e. The highest BCUT2D eigenvalue weighted by molar-refractivity contribution is 6.36. The van der Waals surface area contributed by atoms with Crippen molar-refractivity contribution in [2.45, 2.75) is 0 Å². The normalized spacial score (nSPS) is 10.1. The van der Waals surface area contributed by atoms with Crippen molar-refractivity contribution in [2.75, 3.05) is 26.1 Å². The van der Waals surface area contributed by atoms with Crippen LogP contribution in [0.3, 0.4) is 0 Å². The molecule has 0 fully saturated rings. The van der Waals surface area contributed by atoms with Gasteiger partial charge in [-0.25, -0.2) is 0 Å². The highest BCUT2D eigenvalue weighted by Gasteiger charge is 2.12. The molecule has 8 heteroatoms. The predicted octanol–water partition coefficient (Wildman–Crippen LogP) is 3.38. The molecule has 0 aliphatic rings. The van der Waals surface area contributed by atoms with E-state index in [2.05, 4.69) is 10.6 Å². The second-order valence-electron chi connectivity index (χ2n) is 4.96. The van der Waals surface area contributed by atoms with Gasteiger partial charge in [0.25, 0.3) is 5.91 Å². The summed E-state index contributed by atoms with van der Waals surface area (Å²) in [4.78, 5) is 24.2. The van der Waals surface area contributed by atoms with E-state index in [0.29, 0.717) is 32.8 Å². The SMILES string of the molecule is COc1cc(OC)cc(C(=O)NCC(=O)Nc2ccc(Cl)cc2Cl)c1. The standard InChI is InChI=1S/C17H16Cl2N2O4/c1-24-12-5-10(6-13(8-12)25-2)17(23)20-9-16(22)21-15-4-3-11(18)7-14(15)19/h3-8H,9H2,1-2H3,(H,20,23)(H,21,22). The maximum atomic E-state index is 12.2. The van der Waals surface area contributed by atoms with Crippen molar-refractivity contribution in [1.82, 2.24) is 5.32 Å². The Morgan fingerprint density at radius 3 is 2.20 bits per heavy atom. The van der Waals surface area contributed by atoms with Gasteiger partial charge in [0, 0.05) is 16.7 Å². The third kappa shape index (κ3) is 5.27. The number of anilines is 1. The summed E-state index contributed by atoms with van der Waals surface area (Å²) in [5.74, 6) is 0.0887. The summed E-state index contributed by atoms with van der Waals surface area (Å²) in [6.07, 6.45) is 0. The van der Waals surface area contributed by atoms with E-state index in [1.807, 2.05) is 0 Å². The van der Waals surface area contributed by atoms with Crippen molar-refractivity contribution in [3.8, 4) is 11.5 Å². The van der Waals surface area contributed by atoms with E-state index >= 15 is 0 Å². The average Bonchev–Trinajstić information content (AvgIpc) is 2.61. The van der Waals surface area contributed by atoms with E-state index in [0.717, 1.165) is 0 Å². The second kappa shape index (κ2) is 8.60. The number of hydrogen-bond donors (Lipinski definition) is 2. The van der Waals surface area contributed by atoms with E-state index in [9.17, 15) is 9.59 Å². The van der Waals surface area contributed by atoms with Gasteiger partial charge < -0.3 is 20.1 Å². The molecule has 25 heavy (non-hydrogen) atoms. The molecule has 2 aromatic rings. The van der Waals surface area contributed by atoms with Crippen LogP contribution in [-0.4, -0.2) is 32.6 Å². The first kappa shape index (κ1) is 18.9. The summed E-state index contributed by atoms with van der Waals surface area (Å²) in [5, 5.41) is 5.89. The fraction of sp³-hybridized carbons (Fsp3) is 0.176. The lowest BCUT2D eigenvalue weighted by atomic mass is 10.2. The van der Waals surface area contributed by atoms with Crippen molar-refractivity contribution in [3.63, 3.8) is 0 Å². The minimum absolute atomic E-state index is 0.225. The average molecular weight is 383 g/mol. The second-order valence-corrected chi connectivity index (χ2v) is 5.80. The van der Waals surface area contributed by atoms with Gasteiger partial charge in [-0.15, -0.1) is 0 Å². The lowest BCUT2D eigenvalue weighted by Crippen LogP contribution is -2.32.